The van der Waals surface area contributed by atoms with E-state index in [4.69, 9.17) is 11.6 Å². The summed E-state index contributed by atoms with van der Waals surface area (Å²) in [7, 11) is 0. The van der Waals surface area contributed by atoms with Crippen LogP contribution in [0.1, 0.15) is 35.6 Å². The number of alkyl halides is 2. The van der Waals surface area contributed by atoms with Gasteiger partial charge in [0.25, 0.3) is 0 Å². The van der Waals surface area contributed by atoms with Crippen molar-refractivity contribution >= 4 is 17.3 Å². The summed E-state index contributed by atoms with van der Waals surface area (Å²) < 4.78 is 15.4. The minimum atomic E-state index is -1.92. The van der Waals surface area contributed by atoms with Crippen molar-refractivity contribution in [3.8, 4) is 0 Å². The molecule has 0 aliphatic carbocycles. The van der Waals surface area contributed by atoms with Gasteiger partial charge in [-0.3, -0.25) is 0 Å². The third-order valence-corrected chi connectivity index (χ3v) is 5.96. The van der Waals surface area contributed by atoms with Crippen LogP contribution in [-0.4, -0.2) is 37.9 Å². The van der Waals surface area contributed by atoms with Crippen molar-refractivity contribution in [2.45, 2.75) is 37.7 Å². The number of anilines is 1. The molecule has 1 aliphatic rings. The zero-order valence-electron chi connectivity index (χ0n) is 16.6. The Morgan fingerprint density at radius 2 is 1.79 bits per heavy atom. The topological polar surface area (TPSA) is 35.5 Å². The maximum Gasteiger partial charge on any atom is 0.209 e. The molecule has 0 amide bonds. The lowest BCUT2D eigenvalue weighted by Gasteiger charge is -2.32. The Morgan fingerprint density at radius 3 is 2.46 bits per heavy atom. The van der Waals surface area contributed by atoms with Crippen LogP contribution in [0, 0.1) is 0 Å². The first-order valence-corrected chi connectivity index (χ1v) is 10.6. The van der Waals surface area contributed by atoms with Crippen molar-refractivity contribution in [3.63, 3.8) is 0 Å². The zero-order chi connectivity index (χ0) is 20.0. The Kier molecular flexibility index (Phi) is 7.33. The molecule has 0 bridgehead atoms. The molecule has 3 rings (SSSR count). The van der Waals surface area contributed by atoms with Crippen molar-refractivity contribution in [2.75, 3.05) is 37.7 Å². The summed E-state index contributed by atoms with van der Waals surface area (Å²) in [5.74, 6) is 0. The molecule has 2 aromatic rings. The summed E-state index contributed by atoms with van der Waals surface area (Å²) in [6.45, 7) is 5.83. The standard InChI is InChI=1S/C23H30ClFN2O/c1-2-18-5-3-4-6-19(18)9-11-23(24,25)21-7-8-22(20(17-21)10-16-28)27-14-12-26-13-15-27/h3-8,17,26,28H,2,9-16H2,1H3. The number of aliphatic hydroxyl groups is 1. The van der Waals surface area contributed by atoms with Crippen LogP contribution in [0.2, 0.25) is 0 Å². The van der Waals surface area contributed by atoms with Gasteiger partial charge in [-0.2, -0.15) is 0 Å². The molecule has 0 spiro atoms. The third kappa shape index (κ3) is 5.05. The van der Waals surface area contributed by atoms with Gasteiger partial charge in [0.1, 0.15) is 0 Å². The molecule has 0 aromatic heterocycles. The Morgan fingerprint density at radius 1 is 1.07 bits per heavy atom. The van der Waals surface area contributed by atoms with Crippen molar-refractivity contribution in [3.05, 3.63) is 64.7 Å². The predicted octanol–water partition coefficient (Wildman–Crippen LogP) is 4.19. The molecule has 28 heavy (non-hydrogen) atoms. The number of aliphatic hydroxyl groups excluding tert-OH is 1. The molecule has 0 radical (unpaired) electrons. The van der Waals surface area contributed by atoms with Crippen LogP contribution in [-0.2, 0) is 24.4 Å². The van der Waals surface area contributed by atoms with Gasteiger partial charge in [-0.25, -0.2) is 4.39 Å². The van der Waals surface area contributed by atoms with Gasteiger partial charge in [0, 0.05) is 50.5 Å². The highest BCUT2D eigenvalue weighted by Crippen LogP contribution is 2.38. The number of aryl methyl sites for hydroxylation is 2. The van der Waals surface area contributed by atoms with E-state index < -0.39 is 5.13 Å². The molecule has 1 fully saturated rings. The average molecular weight is 405 g/mol. The van der Waals surface area contributed by atoms with Crippen LogP contribution in [0.15, 0.2) is 42.5 Å². The van der Waals surface area contributed by atoms with Crippen LogP contribution in [0.25, 0.3) is 0 Å². The van der Waals surface area contributed by atoms with Crippen molar-refractivity contribution in [1.29, 1.82) is 0 Å². The number of halogens is 2. The van der Waals surface area contributed by atoms with Crippen molar-refractivity contribution in [1.82, 2.24) is 5.32 Å². The first kappa shape index (κ1) is 21.1. The second-order valence-electron chi connectivity index (χ2n) is 7.38. The van der Waals surface area contributed by atoms with E-state index in [0.29, 0.717) is 18.4 Å². The molecule has 5 heteroatoms. The second-order valence-corrected chi connectivity index (χ2v) is 7.98. The van der Waals surface area contributed by atoms with Crippen LogP contribution >= 0.6 is 11.6 Å². The molecule has 0 saturated carbocycles. The van der Waals surface area contributed by atoms with E-state index >= 15 is 4.39 Å². The molecular weight excluding hydrogens is 375 g/mol. The lowest BCUT2D eigenvalue weighted by Crippen LogP contribution is -2.44. The first-order valence-electron chi connectivity index (χ1n) is 10.2. The number of hydrogen-bond donors (Lipinski definition) is 2. The number of piperazine rings is 1. The largest absolute Gasteiger partial charge is 0.396 e. The molecule has 1 unspecified atom stereocenters. The van der Waals surface area contributed by atoms with Gasteiger partial charge in [-0.05, 0) is 48.1 Å². The summed E-state index contributed by atoms with van der Waals surface area (Å²) >= 11 is 6.36. The molecule has 1 saturated heterocycles. The monoisotopic (exact) mass is 404 g/mol. The first-order chi connectivity index (χ1) is 13.5. The number of nitrogens with one attached hydrogen (secondary N) is 1. The van der Waals surface area contributed by atoms with Crippen molar-refractivity contribution in [2.24, 2.45) is 0 Å². The third-order valence-electron chi connectivity index (χ3n) is 5.55. The van der Waals surface area contributed by atoms with E-state index in [1.54, 1.807) is 6.07 Å². The summed E-state index contributed by atoms with van der Waals surface area (Å²) in [5.41, 5.74) is 4.90. The maximum absolute atomic E-state index is 15.4. The molecule has 1 aliphatic heterocycles. The second kappa shape index (κ2) is 9.73. The van der Waals surface area contributed by atoms with E-state index in [2.05, 4.69) is 29.3 Å². The number of hydrogen-bond acceptors (Lipinski definition) is 3. The predicted molar refractivity (Wildman–Crippen MR) is 115 cm³/mol. The lowest BCUT2D eigenvalue weighted by molar-refractivity contribution is 0.264. The molecule has 2 aromatic carbocycles. The zero-order valence-corrected chi connectivity index (χ0v) is 17.3. The highest BCUT2D eigenvalue weighted by atomic mass is 35.5. The van der Waals surface area contributed by atoms with Gasteiger partial charge in [-0.1, -0.05) is 48.9 Å². The summed E-state index contributed by atoms with van der Waals surface area (Å²) in [4.78, 5) is 2.29. The lowest BCUT2D eigenvalue weighted by atomic mass is 9.95. The van der Waals surface area contributed by atoms with Crippen LogP contribution in [0.3, 0.4) is 0 Å². The van der Waals surface area contributed by atoms with Crippen LogP contribution in [0.4, 0.5) is 10.1 Å². The minimum Gasteiger partial charge on any atom is -0.396 e. The van der Waals surface area contributed by atoms with Gasteiger partial charge in [0.05, 0.1) is 0 Å². The Bertz CT molecular complexity index is 775. The molecule has 1 atom stereocenters. The Hall–Kier alpha value is -1.62. The minimum absolute atomic E-state index is 0.0357. The Balaban J connectivity index is 1.79. The van der Waals surface area contributed by atoms with E-state index in [-0.39, 0.29) is 13.0 Å². The smallest absolute Gasteiger partial charge is 0.209 e. The van der Waals surface area contributed by atoms with E-state index in [9.17, 15) is 5.11 Å². The van der Waals surface area contributed by atoms with E-state index in [0.717, 1.165) is 49.4 Å². The fourth-order valence-corrected chi connectivity index (χ4v) is 4.14. The molecular formula is C23H30ClFN2O. The van der Waals surface area contributed by atoms with Crippen LogP contribution in [0.5, 0.6) is 0 Å². The molecule has 152 valence electrons. The highest BCUT2D eigenvalue weighted by Gasteiger charge is 2.30. The van der Waals surface area contributed by atoms with E-state index in [1.807, 2.05) is 24.3 Å². The van der Waals surface area contributed by atoms with Gasteiger partial charge in [0.15, 0.2) is 0 Å². The van der Waals surface area contributed by atoms with Crippen molar-refractivity contribution < 1.29 is 9.50 Å². The van der Waals surface area contributed by atoms with Gasteiger partial charge in [0.2, 0.25) is 5.13 Å². The Labute approximate surface area is 172 Å². The number of rotatable bonds is 8. The molecule has 2 N–H and O–H groups in total. The van der Waals surface area contributed by atoms with Gasteiger partial charge >= 0.3 is 0 Å². The summed E-state index contributed by atoms with van der Waals surface area (Å²) in [6, 6.07) is 13.7. The van der Waals surface area contributed by atoms with Crippen LogP contribution < -0.4 is 10.2 Å². The fourth-order valence-electron chi connectivity index (χ4n) is 3.93. The van der Waals surface area contributed by atoms with Gasteiger partial charge < -0.3 is 15.3 Å². The molecule has 3 nitrogen and oxygen atoms in total. The molecule has 1 heterocycles. The SMILES string of the molecule is CCc1ccccc1CCC(F)(Cl)c1ccc(N2CCNCC2)c(CCO)c1. The summed E-state index contributed by atoms with van der Waals surface area (Å²) in [5, 5.41) is 10.9. The highest BCUT2D eigenvalue weighted by molar-refractivity contribution is 6.22. The number of benzene rings is 2. The number of nitrogens with zero attached hydrogens (tertiary/aromatic N) is 1. The van der Waals surface area contributed by atoms with E-state index in [1.165, 1.54) is 5.56 Å². The normalized spacial score (nSPS) is 16.8. The van der Waals surface area contributed by atoms with Gasteiger partial charge in [-0.15, -0.1) is 0 Å². The maximum atomic E-state index is 15.4. The summed E-state index contributed by atoms with van der Waals surface area (Å²) in [6.07, 6.45) is 2.24. The fraction of sp³-hybridized carbons (Fsp3) is 0.478. The average Bonchev–Trinajstić information content (AvgIpc) is 2.73. The quantitative estimate of drug-likeness (QED) is 0.647.